The summed E-state index contributed by atoms with van der Waals surface area (Å²) in [5, 5.41) is 0. The Morgan fingerprint density at radius 3 is 2.78 bits per heavy atom. The van der Waals surface area contributed by atoms with E-state index in [4.69, 9.17) is 11.6 Å². The molecular weight excluding hydrogens is 308 g/mol. The van der Waals surface area contributed by atoms with Gasteiger partial charge < -0.3 is 0 Å². The predicted octanol–water partition coefficient (Wildman–Crippen LogP) is 5.60. The number of alkyl halides is 1. The molecule has 0 radical (unpaired) electrons. The van der Waals surface area contributed by atoms with Crippen LogP contribution in [0.5, 0.6) is 0 Å². The number of benzene rings is 1. The molecule has 0 aromatic heterocycles. The van der Waals surface area contributed by atoms with Gasteiger partial charge in [-0.3, -0.25) is 0 Å². The molecule has 98 valence electrons. The lowest BCUT2D eigenvalue weighted by Crippen LogP contribution is -2.15. The van der Waals surface area contributed by atoms with Gasteiger partial charge in [-0.1, -0.05) is 34.5 Å². The molecule has 3 rings (SSSR count). The zero-order chi connectivity index (χ0) is 12.5. The van der Waals surface area contributed by atoms with Crippen molar-refractivity contribution in [2.75, 3.05) is 5.88 Å². The minimum absolute atomic E-state index is 0.536. The maximum atomic E-state index is 6.22. The van der Waals surface area contributed by atoms with E-state index in [1.54, 1.807) is 0 Å². The van der Waals surface area contributed by atoms with Crippen LogP contribution in [0, 0.1) is 17.8 Å². The van der Waals surface area contributed by atoms with Crippen molar-refractivity contribution in [2.45, 2.75) is 38.0 Å². The Bertz CT molecular complexity index is 417. The minimum atomic E-state index is 0.536. The normalized spacial score (nSPS) is 31.8. The van der Waals surface area contributed by atoms with Crippen LogP contribution >= 0.6 is 27.5 Å². The van der Waals surface area contributed by atoms with E-state index in [-0.39, 0.29) is 0 Å². The van der Waals surface area contributed by atoms with Gasteiger partial charge in [0.1, 0.15) is 0 Å². The Kier molecular flexibility index (Phi) is 4.00. The summed E-state index contributed by atoms with van der Waals surface area (Å²) in [5.41, 5.74) is 1.40. The van der Waals surface area contributed by atoms with Crippen LogP contribution < -0.4 is 0 Å². The summed E-state index contributed by atoms with van der Waals surface area (Å²) in [6.45, 7) is 0. The van der Waals surface area contributed by atoms with Gasteiger partial charge in [0.15, 0.2) is 0 Å². The lowest BCUT2D eigenvalue weighted by Gasteiger charge is -2.26. The van der Waals surface area contributed by atoms with Crippen molar-refractivity contribution < 1.29 is 0 Å². The number of hydrogen-bond donors (Lipinski definition) is 0. The Balaban J connectivity index is 1.69. The lowest BCUT2D eigenvalue weighted by molar-refractivity contribution is 0.300. The predicted molar refractivity (Wildman–Crippen MR) is 81.2 cm³/mol. The van der Waals surface area contributed by atoms with Gasteiger partial charge >= 0.3 is 0 Å². The van der Waals surface area contributed by atoms with Crippen LogP contribution in [0.2, 0.25) is 0 Å². The van der Waals surface area contributed by atoms with Crippen molar-refractivity contribution in [1.82, 2.24) is 0 Å². The maximum absolute atomic E-state index is 6.22. The van der Waals surface area contributed by atoms with Gasteiger partial charge in [0.25, 0.3) is 0 Å². The van der Waals surface area contributed by atoms with Gasteiger partial charge in [0, 0.05) is 10.4 Å². The number of halogens is 2. The van der Waals surface area contributed by atoms with Crippen LogP contribution in [0.1, 0.15) is 43.6 Å². The highest BCUT2D eigenvalue weighted by Crippen LogP contribution is 2.51. The minimum Gasteiger partial charge on any atom is -0.126 e. The third kappa shape index (κ3) is 2.63. The second-order valence-electron chi connectivity index (χ2n) is 6.08. The van der Waals surface area contributed by atoms with Crippen molar-refractivity contribution in [1.29, 1.82) is 0 Å². The molecule has 0 spiro atoms. The van der Waals surface area contributed by atoms with Crippen LogP contribution in [0.15, 0.2) is 28.7 Å². The molecule has 0 nitrogen and oxygen atoms in total. The van der Waals surface area contributed by atoms with Gasteiger partial charge in [0.05, 0.1) is 0 Å². The van der Waals surface area contributed by atoms with Crippen LogP contribution in [0.25, 0.3) is 0 Å². The molecule has 4 unspecified atom stereocenters. The Hall–Kier alpha value is -0.0100. The van der Waals surface area contributed by atoms with E-state index in [9.17, 15) is 0 Å². The molecule has 0 saturated heterocycles. The third-order valence-corrected chi connectivity index (χ3v) is 5.84. The molecule has 2 aliphatic rings. The summed E-state index contributed by atoms with van der Waals surface area (Å²) in [4.78, 5) is 0. The largest absolute Gasteiger partial charge is 0.126 e. The molecule has 1 aromatic rings. The van der Waals surface area contributed by atoms with Crippen LogP contribution in [0.4, 0.5) is 0 Å². The first-order valence-corrected chi connectivity index (χ1v) is 8.40. The van der Waals surface area contributed by atoms with Gasteiger partial charge in [-0.05, 0) is 67.1 Å². The topological polar surface area (TPSA) is 0 Å². The molecule has 2 bridgehead atoms. The molecule has 2 aliphatic carbocycles. The summed E-state index contributed by atoms with van der Waals surface area (Å²) in [5.74, 6) is 4.27. The summed E-state index contributed by atoms with van der Waals surface area (Å²) in [6.07, 6.45) is 7.22. The van der Waals surface area contributed by atoms with Crippen molar-refractivity contribution in [3.63, 3.8) is 0 Å². The van der Waals surface area contributed by atoms with E-state index in [0.717, 1.165) is 23.6 Å². The molecule has 2 saturated carbocycles. The number of hydrogen-bond acceptors (Lipinski definition) is 0. The summed E-state index contributed by atoms with van der Waals surface area (Å²) < 4.78 is 1.17. The fourth-order valence-electron chi connectivity index (χ4n) is 4.08. The van der Waals surface area contributed by atoms with E-state index in [1.165, 1.54) is 42.1 Å². The molecular formula is C16H20BrCl. The van der Waals surface area contributed by atoms with E-state index in [1.807, 2.05) is 0 Å². The van der Waals surface area contributed by atoms with Gasteiger partial charge in [0.2, 0.25) is 0 Å². The van der Waals surface area contributed by atoms with Crippen LogP contribution in [-0.2, 0) is 0 Å². The molecule has 2 fully saturated rings. The van der Waals surface area contributed by atoms with Crippen molar-refractivity contribution >= 4 is 27.5 Å². The first-order chi connectivity index (χ1) is 8.76. The van der Waals surface area contributed by atoms with E-state index in [0.29, 0.717) is 5.92 Å². The standard InChI is InChI=1S/C16H20BrCl/c17-16-3-1-2-12(9-16)15(10-18)8-14-7-11-4-5-13(14)6-11/h1-3,9,11,13-15H,4-8,10H2. The zero-order valence-corrected chi connectivity index (χ0v) is 13.0. The molecule has 0 N–H and O–H groups in total. The SMILES string of the molecule is ClCC(CC1CC2CCC1C2)c1cccc(Br)c1. The first-order valence-electron chi connectivity index (χ1n) is 7.07. The van der Waals surface area contributed by atoms with Crippen molar-refractivity contribution in [3.05, 3.63) is 34.3 Å². The van der Waals surface area contributed by atoms with Crippen LogP contribution in [-0.4, -0.2) is 5.88 Å². The zero-order valence-electron chi connectivity index (χ0n) is 10.6. The fourth-order valence-corrected chi connectivity index (χ4v) is 4.80. The highest BCUT2D eigenvalue weighted by atomic mass is 79.9. The second-order valence-corrected chi connectivity index (χ2v) is 7.30. The molecule has 4 atom stereocenters. The van der Waals surface area contributed by atoms with E-state index < -0.39 is 0 Å². The third-order valence-electron chi connectivity index (χ3n) is 4.98. The quantitative estimate of drug-likeness (QED) is 0.632. The monoisotopic (exact) mass is 326 g/mol. The Morgan fingerprint density at radius 2 is 2.17 bits per heavy atom. The second kappa shape index (κ2) is 5.54. The summed E-state index contributed by atoms with van der Waals surface area (Å²) in [7, 11) is 0. The summed E-state index contributed by atoms with van der Waals surface area (Å²) in [6, 6.07) is 8.68. The van der Waals surface area contributed by atoms with Crippen LogP contribution in [0.3, 0.4) is 0 Å². The molecule has 0 heterocycles. The van der Waals surface area contributed by atoms with E-state index in [2.05, 4.69) is 40.2 Å². The number of rotatable bonds is 4. The average molecular weight is 328 g/mol. The highest BCUT2D eigenvalue weighted by molar-refractivity contribution is 9.10. The average Bonchev–Trinajstić information content (AvgIpc) is 2.98. The molecule has 0 aliphatic heterocycles. The smallest absolute Gasteiger partial charge is 0.0292 e. The van der Waals surface area contributed by atoms with E-state index >= 15 is 0 Å². The van der Waals surface area contributed by atoms with Gasteiger partial charge in [-0.25, -0.2) is 0 Å². The summed E-state index contributed by atoms with van der Waals surface area (Å²) >= 11 is 9.78. The molecule has 2 heteroatoms. The highest BCUT2D eigenvalue weighted by Gasteiger charge is 2.40. The molecule has 0 amide bonds. The van der Waals surface area contributed by atoms with Gasteiger partial charge in [-0.15, -0.1) is 11.6 Å². The maximum Gasteiger partial charge on any atom is 0.0292 e. The Morgan fingerprint density at radius 1 is 1.28 bits per heavy atom. The Labute approximate surface area is 123 Å². The van der Waals surface area contributed by atoms with Gasteiger partial charge in [-0.2, -0.15) is 0 Å². The molecule has 18 heavy (non-hydrogen) atoms. The fraction of sp³-hybridized carbons (Fsp3) is 0.625. The number of fused-ring (bicyclic) bond motifs is 2. The molecule has 1 aromatic carbocycles. The lowest BCUT2D eigenvalue weighted by atomic mass is 9.81. The van der Waals surface area contributed by atoms with Crippen molar-refractivity contribution in [2.24, 2.45) is 17.8 Å². The van der Waals surface area contributed by atoms with Crippen molar-refractivity contribution in [3.8, 4) is 0 Å². The first kappa shape index (κ1) is 13.0.